The van der Waals surface area contributed by atoms with Crippen molar-refractivity contribution in [2.45, 2.75) is 20.0 Å². The van der Waals surface area contributed by atoms with Gasteiger partial charge in [0.25, 0.3) is 0 Å². The molecule has 4 nitrogen and oxygen atoms in total. The van der Waals surface area contributed by atoms with Gasteiger partial charge in [0, 0.05) is 33.0 Å². The maximum atomic E-state index is 13.7. The zero-order valence-electron chi connectivity index (χ0n) is 30.0. The highest BCUT2D eigenvalue weighted by atomic mass is 19.4. The van der Waals surface area contributed by atoms with Crippen molar-refractivity contribution in [2.75, 3.05) is 0 Å². The molecule has 0 aliphatic carbocycles. The molecule has 0 aliphatic rings. The van der Waals surface area contributed by atoms with Gasteiger partial charge in [-0.05, 0) is 60.9 Å². The van der Waals surface area contributed by atoms with Crippen LogP contribution in [0, 0.1) is 13.8 Å². The lowest BCUT2D eigenvalue weighted by Gasteiger charge is -2.17. The van der Waals surface area contributed by atoms with Crippen LogP contribution in [0.2, 0.25) is 0 Å². The fraction of sp³-hybridized carbons (Fsp3) is 0.0625. The van der Waals surface area contributed by atoms with E-state index < -0.39 is 11.7 Å². The van der Waals surface area contributed by atoms with Crippen LogP contribution in [0.5, 0.6) is 0 Å². The molecule has 0 aliphatic heterocycles. The Balaban J connectivity index is 1.32. The lowest BCUT2D eigenvalue weighted by Crippen LogP contribution is -2.04. The number of benzene rings is 7. The van der Waals surface area contributed by atoms with Gasteiger partial charge in [-0.2, -0.15) is 13.2 Å². The molecular formula is C48H33F3N4. The van der Waals surface area contributed by atoms with Crippen molar-refractivity contribution in [3.05, 3.63) is 180 Å². The standard InChI is InChI=1S/C48H33F3N4/c1-30-25-31(2)27-37(26-30)35-19-24-41-40-15-9-10-16-42(40)55(44(41)28-35)43-29-36(20-23-39(43)32-17-21-38(22-18-32)48(49,50)51)47-53-45(33-11-5-3-6-12-33)52-46(54-47)34-13-7-4-8-14-34/h3-29H,1-2H3. The van der Waals surface area contributed by atoms with E-state index in [2.05, 4.69) is 66.9 Å². The Morgan fingerprint density at radius 1 is 0.418 bits per heavy atom. The summed E-state index contributed by atoms with van der Waals surface area (Å²) >= 11 is 0. The van der Waals surface area contributed by atoms with Gasteiger partial charge in [0.2, 0.25) is 0 Å². The molecule has 9 aromatic rings. The van der Waals surface area contributed by atoms with Crippen LogP contribution in [0.25, 0.3) is 83.9 Å². The van der Waals surface area contributed by atoms with Crippen LogP contribution in [0.4, 0.5) is 13.2 Å². The second kappa shape index (κ2) is 13.5. The lowest BCUT2D eigenvalue weighted by atomic mass is 9.98. The minimum absolute atomic E-state index is 0.476. The molecule has 0 N–H and O–H groups in total. The Morgan fingerprint density at radius 3 is 1.56 bits per heavy atom. The van der Waals surface area contributed by atoms with Crippen molar-refractivity contribution in [2.24, 2.45) is 0 Å². The number of nitrogens with zero attached hydrogens (tertiary/aromatic N) is 4. The Bertz CT molecular complexity index is 2780. The molecule has 0 amide bonds. The van der Waals surface area contributed by atoms with Crippen LogP contribution in [-0.4, -0.2) is 19.5 Å². The summed E-state index contributed by atoms with van der Waals surface area (Å²) in [5, 5.41) is 2.12. The molecule has 0 spiro atoms. The number of alkyl halides is 3. The number of para-hydroxylation sites is 1. The second-order valence-corrected chi connectivity index (χ2v) is 13.8. The van der Waals surface area contributed by atoms with Crippen molar-refractivity contribution >= 4 is 21.8 Å². The minimum Gasteiger partial charge on any atom is -0.309 e. The predicted molar refractivity (Wildman–Crippen MR) is 216 cm³/mol. The molecule has 0 fully saturated rings. The molecule has 7 aromatic carbocycles. The fourth-order valence-corrected chi connectivity index (χ4v) is 7.43. The molecule has 55 heavy (non-hydrogen) atoms. The third-order valence-electron chi connectivity index (χ3n) is 9.95. The summed E-state index contributed by atoms with van der Waals surface area (Å²) in [5.74, 6) is 1.55. The Labute approximate surface area is 316 Å². The predicted octanol–water partition coefficient (Wildman–Crippen LogP) is 12.9. The number of aromatic nitrogens is 4. The summed E-state index contributed by atoms with van der Waals surface area (Å²) in [6.45, 7) is 4.20. The Hall–Kier alpha value is -6.86. The van der Waals surface area contributed by atoms with Crippen molar-refractivity contribution in [1.82, 2.24) is 19.5 Å². The number of hydrogen-bond donors (Lipinski definition) is 0. The molecule has 0 bridgehead atoms. The summed E-state index contributed by atoms with van der Waals surface area (Å²) in [5.41, 5.74) is 10.4. The molecule has 0 saturated carbocycles. The molecule has 0 radical (unpaired) electrons. The largest absolute Gasteiger partial charge is 0.416 e. The van der Waals surface area contributed by atoms with Crippen molar-refractivity contribution in [3.8, 4) is 62.1 Å². The van der Waals surface area contributed by atoms with Crippen LogP contribution in [-0.2, 0) is 6.18 Å². The normalized spacial score (nSPS) is 11.7. The molecule has 2 aromatic heterocycles. The van der Waals surface area contributed by atoms with Gasteiger partial charge in [-0.25, -0.2) is 15.0 Å². The minimum atomic E-state index is -4.45. The first-order valence-electron chi connectivity index (χ1n) is 18.0. The number of halogens is 3. The molecule has 2 heterocycles. The molecular weight excluding hydrogens is 690 g/mol. The maximum Gasteiger partial charge on any atom is 0.416 e. The van der Waals surface area contributed by atoms with Gasteiger partial charge in [0.05, 0.1) is 22.3 Å². The van der Waals surface area contributed by atoms with E-state index in [1.807, 2.05) is 91.0 Å². The number of hydrogen-bond acceptors (Lipinski definition) is 3. The molecule has 0 unspecified atom stereocenters. The van der Waals surface area contributed by atoms with Crippen LogP contribution in [0.15, 0.2) is 164 Å². The Morgan fingerprint density at radius 2 is 0.945 bits per heavy atom. The van der Waals surface area contributed by atoms with Crippen LogP contribution in [0.1, 0.15) is 16.7 Å². The lowest BCUT2D eigenvalue weighted by molar-refractivity contribution is -0.137. The van der Waals surface area contributed by atoms with E-state index >= 15 is 0 Å². The van der Waals surface area contributed by atoms with Gasteiger partial charge in [0.15, 0.2) is 17.5 Å². The fourth-order valence-electron chi connectivity index (χ4n) is 7.43. The topological polar surface area (TPSA) is 43.6 Å². The van der Waals surface area contributed by atoms with Gasteiger partial charge >= 0.3 is 6.18 Å². The Kier molecular flexibility index (Phi) is 8.35. The third-order valence-corrected chi connectivity index (χ3v) is 9.95. The highest BCUT2D eigenvalue weighted by Gasteiger charge is 2.30. The van der Waals surface area contributed by atoms with Gasteiger partial charge < -0.3 is 4.57 Å². The number of aryl methyl sites for hydroxylation is 2. The summed E-state index contributed by atoms with van der Waals surface area (Å²) in [7, 11) is 0. The van der Waals surface area contributed by atoms with Gasteiger partial charge in [-0.15, -0.1) is 0 Å². The molecule has 0 saturated heterocycles. The van der Waals surface area contributed by atoms with Crippen LogP contribution < -0.4 is 0 Å². The van der Waals surface area contributed by atoms with Crippen molar-refractivity contribution < 1.29 is 13.2 Å². The molecule has 0 atom stereocenters. The summed E-state index contributed by atoms with van der Waals surface area (Å²) in [6, 6.07) is 52.2. The van der Waals surface area contributed by atoms with E-state index in [1.165, 1.54) is 11.1 Å². The van der Waals surface area contributed by atoms with Crippen LogP contribution >= 0.6 is 0 Å². The summed E-state index contributed by atoms with van der Waals surface area (Å²) < 4.78 is 43.4. The maximum absolute atomic E-state index is 13.7. The highest BCUT2D eigenvalue weighted by molar-refractivity contribution is 6.11. The average Bonchev–Trinajstić information content (AvgIpc) is 3.54. The molecule has 266 valence electrons. The smallest absolute Gasteiger partial charge is 0.309 e. The first-order valence-corrected chi connectivity index (χ1v) is 18.0. The average molecular weight is 723 g/mol. The monoisotopic (exact) mass is 722 g/mol. The highest BCUT2D eigenvalue weighted by Crippen LogP contribution is 2.40. The second-order valence-electron chi connectivity index (χ2n) is 13.8. The van der Waals surface area contributed by atoms with E-state index in [1.54, 1.807) is 12.1 Å². The summed E-state index contributed by atoms with van der Waals surface area (Å²) in [4.78, 5) is 14.9. The summed E-state index contributed by atoms with van der Waals surface area (Å²) in [6.07, 6.45) is -4.45. The SMILES string of the molecule is Cc1cc(C)cc(-c2ccc3c4ccccc4n(-c4cc(-c5nc(-c6ccccc6)nc(-c6ccccc6)n5)ccc4-c4ccc(C(F)(F)F)cc4)c3c2)c1. The van der Waals surface area contributed by atoms with E-state index in [-0.39, 0.29) is 0 Å². The number of fused-ring (bicyclic) bond motifs is 3. The molecule has 7 heteroatoms. The van der Waals surface area contributed by atoms with E-state index in [0.717, 1.165) is 73.0 Å². The first-order chi connectivity index (χ1) is 26.7. The zero-order chi connectivity index (χ0) is 37.7. The zero-order valence-corrected chi connectivity index (χ0v) is 30.0. The quantitative estimate of drug-likeness (QED) is 0.172. The van der Waals surface area contributed by atoms with E-state index in [0.29, 0.717) is 23.0 Å². The van der Waals surface area contributed by atoms with E-state index in [4.69, 9.17) is 15.0 Å². The van der Waals surface area contributed by atoms with Gasteiger partial charge in [-0.3, -0.25) is 0 Å². The van der Waals surface area contributed by atoms with E-state index in [9.17, 15) is 13.2 Å². The number of rotatable bonds is 6. The van der Waals surface area contributed by atoms with Crippen LogP contribution in [0.3, 0.4) is 0 Å². The van der Waals surface area contributed by atoms with Gasteiger partial charge in [0.1, 0.15) is 0 Å². The molecule has 9 rings (SSSR count). The third kappa shape index (κ3) is 6.44. The first kappa shape index (κ1) is 33.9. The van der Waals surface area contributed by atoms with Crippen molar-refractivity contribution in [1.29, 1.82) is 0 Å². The van der Waals surface area contributed by atoms with Gasteiger partial charge in [-0.1, -0.05) is 145 Å². The van der Waals surface area contributed by atoms with Crippen molar-refractivity contribution in [3.63, 3.8) is 0 Å².